The number of fused-ring (bicyclic) bond motifs is 1. The highest BCUT2D eigenvalue weighted by molar-refractivity contribution is 5.70. The molecule has 0 spiro atoms. The molecule has 2 unspecified atom stereocenters. The van der Waals surface area contributed by atoms with Crippen LogP contribution < -0.4 is 10.4 Å². The SMILES string of the molecule is C=C1CCCC(C)(C)C1CCC1(C)C=Cc2c(cc(/C=C/c3ccc(O)c(O)c3)oc2=O)O1. The topological polar surface area (TPSA) is 79.9 Å². The van der Waals surface area contributed by atoms with Crippen molar-refractivity contribution in [2.45, 2.75) is 58.5 Å². The Balaban J connectivity index is 1.52. The molecular weight excluding hydrogens is 416 g/mol. The Morgan fingerprint density at radius 3 is 2.67 bits per heavy atom. The summed E-state index contributed by atoms with van der Waals surface area (Å²) in [5.74, 6) is 0.920. The summed E-state index contributed by atoms with van der Waals surface area (Å²) in [7, 11) is 0. The predicted octanol–water partition coefficient (Wildman–Crippen LogP) is 6.55. The van der Waals surface area contributed by atoms with Crippen LogP contribution in [0.25, 0.3) is 18.2 Å². The van der Waals surface area contributed by atoms with Crippen molar-refractivity contribution in [3.8, 4) is 17.2 Å². The molecule has 2 atom stereocenters. The fraction of sp³-hybridized carbons (Fsp3) is 0.393. The van der Waals surface area contributed by atoms with Crippen molar-refractivity contribution >= 4 is 18.2 Å². The van der Waals surface area contributed by atoms with Gasteiger partial charge in [0, 0.05) is 6.07 Å². The van der Waals surface area contributed by atoms with Crippen LogP contribution in [-0.2, 0) is 0 Å². The zero-order valence-corrected chi connectivity index (χ0v) is 19.6. The van der Waals surface area contributed by atoms with Crippen LogP contribution >= 0.6 is 0 Å². The number of hydrogen-bond donors (Lipinski definition) is 2. The average Bonchev–Trinajstić information content (AvgIpc) is 2.73. The zero-order valence-electron chi connectivity index (χ0n) is 19.6. The van der Waals surface area contributed by atoms with Crippen LogP contribution in [-0.4, -0.2) is 15.8 Å². The van der Waals surface area contributed by atoms with Gasteiger partial charge in [-0.15, -0.1) is 0 Å². The van der Waals surface area contributed by atoms with E-state index in [0.29, 0.717) is 28.6 Å². The highest BCUT2D eigenvalue weighted by atomic mass is 16.5. The molecule has 0 bridgehead atoms. The smallest absolute Gasteiger partial charge is 0.347 e. The highest BCUT2D eigenvalue weighted by Gasteiger charge is 2.37. The summed E-state index contributed by atoms with van der Waals surface area (Å²) in [6.07, 6.45) is 12.4. The fourth-order valence-electron chi connectivity index (χ4n) is 5.02. The molecule has 5 heteroatoms. The van der Waals surface area contributed by atoms with Crippen molar-refractivity contribution in [3.05, 3.63) is 69.8 Å². The largest absolute Gasteiger partial charge is 0.504 e. The van der Waals surface area contributed by atoms with Gasteiger partial charge in [0.1, 0.15) is 22.7 Å². The molecule has 2 aromatic rings. The lowest BCUT2D eigenvalue weighted by Crippen LogP contribution is -2.36. The molecule has 2 heterocycles. The number of aromatic hydroxyl groups is 2. The van der Waals surface area contributed by atoms with Gasteiger partial charge in [0.05, 0.1) is 0 Å². The van der Waals surface area contributed by atoms with Crippen LogP contribution in [0.4, 0.5) is 0 Å². The van der Waals surface area contributed by atoms with E-state index in [9.17, 15) is 15.0 Å². The Labute approximate surface area is 194 Å². The molecule has 4 rings (SSSR count). The van der Waals surface area contributed by atoms with Gasteiger partial charge in [-0.3, -0.25) is 0 Å². The number of phenols is 2. The van der Waals surface area contributed by atoms with Gasteiger partial charge in [0.15, 0.2) is 11.5 Å². The van der Waals surface area contributed by atoms with Crippen LogP contribution in [0.1, 0.15) is 69.8 Å². The Morgan fingerprint density at radius 2 is 1.94 bits per heavy atom. The van der Waals surface area contributed by atoms with Crippen molar-refractivity contribution < 1.29 is 19.4 Å². The van der Waals surface area contributed by atoms with Crippen molar-refractivity contribution in [2.75, 3.05) is 0 Å². The minimum absolute atomic E-state index is 0.188. The summed E-state index contributed by atoms with van der Waals surface area (Å²) >= 11 is 0. The number of hydrogen-bond acceptors (Lipinski definition) is 5. The van der Waals surface area contributed by atoms with Gasteiger partial charge in [-0.2, -0.15) is 0 Å². The molecule has 174 valence electrons. The zero-order chi connectivity index (χ0) is 23.8. The first kappa shape index (κ1) is 23.0. The van der Waals surface area contributed by atoms with Gasteiger partial charge < -0.3 is 19.4 Å². The van der Waals surface area contributed by atoms with E-state index in [2.05, 4.69) is 20.4 Å². The molecule has 1 saturated carbocycles. The average molecular weight is 449 g/mol. The first-order chi connectivity index (χ1) is 15.6. The van der Waals surface area contributed by atoms with Crippen LogP contribution in [0.5, 0.6) is 17.2 Å². The molecule has 1 aliphatic carbocycles. The molecule has 0 saturated heterocycles. The molecule has 33 heavy (non-hydrogen) atoms. The summed E-state index contributed by atoms with van der Waals surface area (Å²) < 4.78 is 11.8. The van der Waals surface area contributed by atoms with Gasteiger partial charge in [-0.05, 0) is 86.3 Å². The van der Waals surface area contributed by atoms with Crippen molar-refractivity contribution in [3.63, 3.8) is 0 Å². The minimum Gasteiger partial charge on any atom is -0.504 e. The summed E-state index contributed by atoms with van der Waals surface area (Å²) in [6, 6.07) is 6.20. The lowest BCUT2D eigenvalue weighted by Gasteiger charge is -2.42. The number of allylic oxidation sites excluding steroid dienone is 1. The van der Waals surface area contributed by atoms with Gasteiger partial charge >= 0.3 is 5.63 Å². The molecule has 2 aliphatic rings. The standard InChI is InChI=1S/C28H32O5/c1-18-6-5-13-27(2,3)22(18)12-15-28(4)14-11-21-25(33-28)17-20(32-26(21)31)9-7-19-8-10-23(29)24(30)16-19/h7-11,14,16-17,22,29-30H,1,5-6,12-13,15H2,2-4H3/b9-7+. The first-order valence-electron chi connectivity index (χ1n) is 11.5. The maximum Gasteiger partial charge on any atom is 0.347 e. The van der Waals surface area contributed by atoms with E-state index in [0.717, 1.165) is 19.3 Å². The summed E-state index contributed by atoms with van der Waals surface area (Å²) in [6.45, 7) is 11.0. The Kier molecular flexibility index (Phi) is 6.00. The second-order valence-corrected chi connectivity index (χ2v) is 10.1. The second-order valence-electron chi connectivity index (χ2n) is 10.1. The third-order valence-electron chi connectivity index (χ3n) is 7.04. The third kappa shape index (κ3) is 4.92. The molecule has 1 fully saturated rings. The maximum atomic E-state index is 12.5. The predicted molar refractivity (Wildman–Crippen MR) is 131 cm³/mol. The number of rotatable bonds is 5. The van der Waals surface area contributed by atoms with E-state index < -0.39 is 11.2 Å². The highest BCUT2D eigenvalue weighted by Crippen LogP contribution is 2.46. The molecule has 2 N–H and O–H groups in total. The van der Waals surface area contributed by atoms with E-state index in [1.54, 1.807) is 30.4 Å². The lowest BCUT2D eigenvalue weighted by atomic mass is 9.64. The van der Waals surface area contributed by atoms with E-state index in [-0.39, 0.29) is 16.9 Å². The lowest BCUT2D eigenvalue weighted by molar-refractivity contribution is 0.0979. The van der Waals surface area contributed by atoms with Crippen LogP contribution in [0, 0.1) is 11.3 Å². The normalized spacial score (nSPS) is 24.0. The van der Waals surface area contributed by atoms with E-state index in [1.165, 1.54) is 30.5 Å². The quantitative estimate of drug-likeness (QED) is 0.400. The van der Waals surface area contributed by atoms with Gasteiger partial charge in [0.25, 0.3) is 0 Å². The Bertz CT molecular complexity index is 1180. The molecule has 5 nitrogen and oxygen atoms in total. The Morgan fingerprint density at radius 1 is 1.15 bits per heavy atom. The molecule has 0 radical (unpaired) electrons. The van der Waals surface area contributed by atoms with Gasteiger partial charge in [0.2, 0.25) is 0 Å². The minimum atomic E-state index is -0.516. The molecule has 1 aliphatic heterocycles. The number of phenolic OH excluding ortho intramolecular Hbond substituents is 2. The third-order valence-corrected chi connectivity index (χ3v) is 7.04. The monoisotopic (exact) mass is 448 g/mol. The Hall–Kier alpha value is -3.21. The maximum absolute atomic E-state index is 12.5. The first-order valence-corrected chi connectivity index (χ1v) is 11.5. The van der Waals surface area contributed by atoms with Crippen LogP contribution in [0.3, 0.4) is 0 Å². The van der Waals surface area contributed by atoms with E-state index in [4.69, 9.17) is 9.15 Å². The molecule has 1 aromatic heterocycles. The van der Waals surface area contributed by atoms with E-state index in [1.807, 2.05) is 13.0 Å². The van der Waals surface area contributed by atoms with E-state index >= 15 is 0 Å². The molecule has 1 aromatic carbocycles. The van der Waals surface area contributed by atoms with Crippen molar-refractivity contribution in [1.29, 1.82) is 0 Å². The molecular formula is C28H32O5. The van der Waals surface area contributed by atoms with Crippen LogP contribution in [0.15, 0.2) is 51.7 Å². The summed E-state index contributed by atoms with van der Waals surface area (Å²) in [5.41, 5.74) is 1.67. The number of benzene rings is 1. The summed E-state index contributed by atoms with van der Waals surface area (Å²) in [4.78, 5) is 12.5. The fourth-order valence-corrected chi connectivity index (χ4v) is 5.02. The summed E-state index contributed by atoms with van der Waals surface area (Å²) in [5, 5.41) is 19.1. The van der Waals surface area contributed by atoms with Gasteiger partial charge in [-0.1, -0.05) is 38.1 Å². The van der Waals surface area contributed by atoms with Crippen molar-refractivity contribution in [1.82, 2.24) is 0 Å². The molecule has 0 amide bonds. The van der Waals surface area contributed by atoms with Crippen molar-refractivity contribution in [2.24, 2.45) is 11.3 Å². The van der Waals surface area contributed by atoms with Crippen LogP contribution in [0.2, 0.25) is 0 Å². The van der Waals surface area contributed by atoms with Gasteiger partial charge in [-0.25, -0.2) is 4.79 Å². The second kappa shape index (κ2) is 8.62. The number of ether oxygens (including phenoxy) is 1.